The van der Waals surface area contributed by atoms with Gasteiger partial charge in [-0.2, -0.15) is 0 Å². The van der Waals surface area contributed by atoms with Crippen LogP contribution in [0.2, 0.25) is 0 Å². The quantitative estimate of drug-likeness (QED) is 0.0342. The van der Waals surface area contributed by atoms with Crippen LogP contribution in [-0.2, 0) is 57.1 Å². The van der Waals surface area contributed by atoms with Crippen LogP contribution >= 0.6 is 0 Å². The number of aromatic nitrogens is 2. The first-order valence-electron chi connectivity index (χ1n) is 33.0. The molecule has 15 atom stereocenters. The predicted molar refractivity (Wildman–Crippen MR) is 357 cm³/mol. The summed E-state index contributed by atoms with van der Waals surface area (Å²) in [5.74, 6) is -3.52. The topological polar surface area (TPSA) is 270 Å². The van der Waals surface area contributed by atoms with Gasteiger partial charge in [-0.3, -0.25) is 19.2 Å². The van der Waals surface area contributed by atoms with E-state index in [1.807, 2.05) is 94.5 Å². The number of benzene rings is 2. The van der Waals surface area contributed by atoms with Gasteiger partial charge in [0.15, 0.2) is 17.3 Å². The molecule has 3 aromatic rings. The number of aliphatic hydroxyl groups excluding tert-OH is 2. The van der Waals surface area contributed by atoms with Crippen molar-refractivity contribution in [3.8, 4) is 23.8 Å². The van der Waals surface area contributed by atoms with Crippen molar-refractivity contribution in [3.63, 3.8) is 0 Å². The average Bonchev–Trinajstić information content (AvgIpc) is 0.804. The minimum atomic E-state index is -2.43. The van der Waals surface area contributed by atoms with Crippen LogP contribution in [0, 0.1) is 47.9 Å². The monoisotopic (exact) mass is 1310 g/mol. The summed E-state index contributed by atoms with van der Waals surface area (Å²) in [7, 11) is 7.77. The van der Waals surface area contributed by atoms with E-state index in [2.05, 4.69) is 21.2 Å². The van der Waals surface area contributed by atoms with Crippen molar-refractivity contribution in [1.82, 2.24) is 14.9 Å². The molecule has 2 aromatic carbocycles. The van der Waals surface area contributed by atoms with Crippen LogP contribution in [0.1, 0.15) is 131 Å². The Morgan fingerprint density at radius 1 is 0.809 bits per heavy atom. The van der Waals surface area contributed by atoms with Gasteiger partial charge in [-0.15, -0.1) is 6.42 Å². The highest BCUT2D eigenvalue weighted by atomic mass is 16.6. The minimum Gasteiger partial charge on any atom is -0.487 e. The van der Waals surface area contributed by atoms with E-state index >= 15 is 0 Å². The number of aliphatic hydroxyl groups is 3. The number of fused-ring (bicyclic) bond motifs is 4. The van der Waals surface area contributed by atoms with E-state index in [1.165, 1.54) is 18.3 Å². The normalized spacial score (nSPS) is 31.2. The van der Waals surface area contributed by atoms with Gasteiger partial charge in [0, 0.05) is 95.4 Å². The Kier molecular flexibility index (Phi) is 30.5. The van der Waals surface area contributed by atoms with Gasteiger partial charge in [-0.05, 0) is 131 Å². The van der Waals surface area contributed by atoms with Crippen molar-refractivity contribution in [2.45, 2.75) is 180 Å². The molecule has 2 saturated heterocycles. The average molecular weight is 1310 g/mol. The molecular formula is C73H102N4O17. The zero-order chi connectivity index (χ0) is 68.6. The fraction of sp³-hybridized carbons (Fsp3) is 0.603. The van der Waals surface area contributed by atoms with E-state index in [1.54, 1.807) is 55.3 Å². The number of anilines is 2. The number of methoxy groups -OCH3 is 5. The van der Waals surface area contributed by atoms with E-state index in [4.69, 9.17) is 49.1 Å². The molecule has 4 heterocycles. The number of ether oxygens (including phenoxy) is 9. The molecule has 3 fully saturated rings. The zero-order valence-electron chi connectivity index (χ0n) is 57.1. The number of terminal acetylenes is 1. The molecule has 4 aliphatic rings. The Balaban J connectivity index is 0.000000399. The van der Waals surface area contributed by atoms with Gasteiger partial charge < -0.3 is 68.2 Å². The fourth-order valence-electron chi connectivity index (χ4n) is 12.8. The summed E-state index contributed by atoms with van der Waals surface area (Å²) >= 11 is 0. The van der Waals surface area contributed by atoms with E-state index in [-0.39, 0.29) is 54.8 Å². The summed E-state index contributed by atoms with van der Waals surface area (Å²) in [6.07, 6.45) is 18.2. The van der Waals surface area contributed by atoms with E-state index in [0.29, 0.717) is 107 Å². The molecule has 1 saturated carbocycles. The van der Waals surface area contributed by atoms with Crippen LogP contribution in [0.3, 0.4) is 0 Å². The van der Waals surface area contributed by atoms with Gasteiger partial charge >= 0.3 is 5.97 Å². The number of nitrogens with one attached hydrogen (secondary N) is 1. The second-order valence-electron chi connectivity index (χ2n) is 25.7. The van der Waals surface area contributed by atoms with Gasteiger partial charge in [0.25, 0.3) is 11.7 Å². The standard InChI is InChI=1S/C51H79NO13.C22H23N3O4/c1-30-16-12-11-13-17-31(2)42(61-8)28-38-21-19-36(7)51(60,65-38)48(57)49(58)52-23-15-14-18-39(52)50(59)64-43(33(4)26-37-20-22-40(53)44(27-37)62-9)29-41(54)32(3)25-35(6)46(56)47(63-10)45(55)34(5)24-30;1-4-16-6-5-7-17(12-16)25-22-18-13-20(28-10-8-26-2)21(29-11-9-27-3)14-19(18)23-15-24-22/h11-13,16-17,25,30,32-34,36-40,42-44,46-47,53,56,60H,14-15,18-24,26-29H2,1-10H3;1,5-7,12-15H,8-11H2,2-3H3,(H,23,24,25)/b13-11+,16-12+,31-17+,35-25+;/t30-,32-,33-,34-,36-,37+,38+,39+,40-,42+,43+,44-,46-,47+,51-;/m1./s1. The van der Waals surface area contributed by atoms with Crippen molar-refractivity contribution >= 4 is 51.6 Å². The highest BCUT2D eigenvalue weighted by Gasteiger charge is 2.53. The molecule has 1 amide bonds. The Morgan fingerprint density at radius 2 is 1.53 bits per heavy atom. The largest absolute Gasteiger partial charge is 0.487 e. The van der Waals surface area contributed by atoms with Crippen molar-refractivity contribution < 1.29 is 81.9 Å². The second-order valence-corrected chi connectivity index (χ2v) is 25.7. The maximum Gasteiger partial charge on any atom is 0.329 e. The zero-order valence-corrected chi connectivity index (χ0v) is 57.1. The van der Waals surface area contributed by atoms with Gasteiger partial charge in [0.2, 0.25) is 5.79 Å². The van der Waals surface area contributed by atoms with Crippen molar-refractivity contribution in [3.05, 3.63) is 95.9 Å². The third-order valence-corrected chi connectivity index (χ3v) is 18.6. The van der Waals surface area contributed by atoms with Crippen molar-refractivity contribution in [2.75, 3.05) is 73.8 Å². The molecule has 2 bridgehead atoms. The predicted octanol–water partition coefficient (Wildman–Crippen LogP) is 9.59. The summed E-state index contributed by atoms with van der Waals surface area (Å²) in [5, 5.41) is 37.9. The number of cyclic esters (lactones) is 1. The molecule has 0 radical (unpaired) electrons. The third kappa shape index (κ3) is 21.1. The fourth-order valence-corrected chi connectivity index (χ4v) is 12.8. The molecule has 7 rings (SSSR count). The van der Waals surface area contributed by atoms with Crippen LogP contribution in [0.25, 0.3) is 10.9 Å². The van der Waals surface area contributed by atoms with Crippen molar-refractivity contribution in [1.29, 1.82) is 0 Å². The van der Waals surface area contributed by atoms with Crippen LogP contribution in [0.4, 0.5) is 11.5 Å². The lowest BCUT2D eigenvalue weighted by Gasteiger charge is -2.42. The number of nitrogens with zero attached hydrogens (tertiary/aromatic N) is 3. The summed E-state index contributed by atoms with van der Waals surface area (Å²) in [6.45, 7) is 14.5. The number of ketones is 3. The Hall–Kier alpha value is -6.71. The summed E-state index contributed by atoms with van der Waals surface area (Å²) in [5.41, 5.74) is 3.61. The van der Waals surface area contributed by atoms with Crippen LogP contribution in [0.5, 0.6) is 11.5 Å². The number of amides is 1. The number of esters is 1. The van der Waals surface area contributed by atoms with Gasteiger partial charge in [-0.1, -0.05) is 83.1 Å². The number of piperidine rings is 1. The smallest absolute Gasteiger partial charge is 0.329 e. The second kappa shape index (κ2) is 37.6. The molecule has 1 aliphatic carbocycles. The Morgan fingerprint density at radius 3 is 2.21 bits per heavy atom. The number of Topliss-reactive ketones (excluding diaryl/α,β-unsaturated/α-hetero) is 3. The third-order valence-electron chi connectivity index (χ3n) is 18.6. The summed E-state index contributed by atoms with van der Waals surface area (Å²) < 4.78 is 51.2. The highest BCUT2D eigenvalue weighted by Crippen LogP contribution is 2.39. The Bertz CT molecular complexity index is 3160. The Labute approximate surface area is 555 Å². The van der Waals surface area contributed by atoms with E-state index in [0.717, 1.165) is 34.1 Å². The van der Waals surface area contributed by atoms with Gasteiger partial charge in [0.1, 0.15) is 55.5 Å². The highest BCUT2D eigenvalue weighted by molar-refractivity contribution is 6.39. The minimum absolute atomic E-state index is 0.0193. The maximum atomic E-state index is 14.4. The molecular weight excluding hydrogens is 1200 g/mol. The van der Waals surface area contributed by atoms with Crippen LogP contribution in [-0.4, -0.2) is 182 Å². The van der Waals surface area contributed by atoms with E-state index in [9.17, 15) is 39.3 Å². The number of rotatable bonds is 16. The van der Waals surface area contributed by atoms with Crippen LogP contribution < -0.4 is 14.8 Å². The number of allylic oxidation sites excluding steroid dienone is 6. The molecule has 94 heavy (non-hydrogen) atoms. The number of hydrogen-bond acceptors (Lipinski definition) is 20. The van der Waals surface area contributed by atoms with Crippen molar-refractivity contribution in [2.24, 2.45) is 35.5 Å². The van der Waals surface area contributed by atoms with Gasteiger partial charge in [0.05, 0.1) is 43.1 Å². The first-order chi connectivity index (χ1) is 45.0. The first kappa shape index (κ1) is 76.3. The molecule has 3 aliphatic heterocycles. The number of carbonyl (C=O) groups is 5. The lowest BCUT2D eigenvalue weighted by Crippen LogP contribution is -2.61. The van der Waals surface area contributed by atoms with Gasteiger partial charge in [-0.25, -0.2) is 14.8 Å². The summed E-state index contributed by atoms with van der Waals surface area (Å²) in [4.78, 5) is 80.5. The van der Waals surface area contributed by atoms with E-state index < -0.39 is 83.9 Å². The molecule has 0 spiro atoms. The summed E-state index contributed by atoms with van der Waals surface area (Å²) in [6, 6.07) is 10.1. The maximum absolute atomic E-state index is 14.4. The lowest BCUT2D eigenvalue weighted by atomic mass is 9.78. The molecule has 0 unspecified atom stereocenters. The molecule has 4 N–H and O–H groups in total. The number of hydrogen-bond donors (Lipinski definition) is 4. The SMILES string of the molecule is C#Cc1cccc(Nc2ncnc3cc(OCCOC)c(OCCOC)cc23)c1.CO[C@H]1C[C@@H]2CC[C@@H](C)[C@@](O)(O2)C(=O)C(=O)N2CCCC[C@H]2C(=O)O[C@H]([C@H](C)C[C@@H]2CC[C@@H](O)[C@H](OC)C2)CC(=O)[C@H](C)/C=C(\C)[C@@H](O)[C@@H](OC)C(=O)[C@H](C)C[C@H](C)/C=C/C=C/C=C/1C. The lowest BCUT2D eigenvalue weighted by molar-refractivity contribution is -0.265. The number of carbonyl (C=O) groups excluding carboxylic acids is 5. The first-order valence-corrected chi connectivity index (χ1v) is 33.0. The molecule has 516 valence electrons. The van der Waals surface area contributed by atoms with Crippen LogP contribution in [0.15, 0.2) is 90.3 Å². The molecule has 21 heteroatoms. The molecule has 1 aromatic heterocycles. The molecule has 21 nitrogen and oxygen atoms in total.